The molecule has 1 amide bonds. The highest BCUT2D eigenvalue weighted by atomic mass is 16.5. The van der Waals surface area contributed by atoms with Crippen molar-refractivity contribution in [2.45, 2.75) is 32.7 Å². The number of likely N-dealkylation sites (N-methyl/N-ethyl adjacent to an activating group) is 1. The first-order valence-electron chi connectivity index (χ1n) is 7.89. The Morgan fingerprint density at radius 1 is 1.57 bits per heavy atom. The molecule has 1 fully saturated rings. The summed E-state index contributed by atoms with van der Waals surface area (Å²) in [6.07, 6.45) is 4.19. The van der Waals surface area contributed by atoms with Crippen LogP contribution in [0.25, 0.3) is 0 Å². The molecule has 2 rings (SSSR count). The van der Waals surface area contributed by atoms with E-state index < -0.39 is 0 Å². The molecule has 2 heterocycles. The average molecular weight is 294 g/mol. The molecule has 0 spiro atoms. The van der Waals surface area contributed by atoms with E-state index in [2.05, 4.69) is 10.4 Å². The second-order valence-electron chi connectivity index (χ2n) is 5.26. The summed E-state index contributed by atoms with van der Waals surface area (Å²) >= 11 is 0. The standard InChI is InChI=1S/C15H26N4O2/c1-3-18(10-11-21-4-2)15(20)14-7-9-19(17-14)13-6-5-8-16-12-13/h7,9,13,16H,3-6,8,10-12H2,1-2H3. The van der Waals surface area contributed by atoms with Crippen LogP contribution in [-0.2, 0) is 4.74 Å². The Bertz CT molecular complexity index is 441. The Morgan fingerprint density at radius 2 is 2.43 bits per heavy atom. The zero-order chi connectivity index (χ0) is 15.1. The number of rotatable bonds is 7. The molecule has 118 valence electrons. The van der Waals surface area contributed by atoms with E-state index in [1.807, 2.05) is 30.8 Å². The molecule has 6 nitrogen and oxygen atoms in total. The van der Waals surface area contributed by atoms with Gasteiger partial charge in [-0.3, -0.25) is 9.48 Å². The molecule has 0 bridgehead atoms. The molecule has 1 aliphatic heterocycles. The van der Waals surface area contributed by atoms with E-state index in [1.54, 1.807) is 4.90 Å². The summed E-state index contributed by atoms with van der Waals surface area (Å²) < 4.78 is 7.25. The second-order valence-corrected chi connectivity index (χ2v) is 5.26. The van der Waals surface area contributed by atoms with Gasteiger partial charge in [-0.2, -0.15) is 5.10 Å². The number of piperidine rings is 1. The van der Waals surface area contributed by atoms with E-state index in [9.17, 15) is 4.79 Å². The molecule has 1 N–H and O–H groups in total. The summed E-state index contributed by atoms with van der Waals surface area (Å²) in [7, 11) is 0. The molecule has 1 atom stereocenters. The fraction of sp³-hybridized carbons (Fsp3) is 0.733. The van der Waals surface area contributed by atoms with Gasteiger partial charge in [0.15, 0.2) is 0 Å². The van der Waals surface area contributed by atoms with E-state index >= 15 is 0 Å². The number of carbonyl (C=O) groups excluding carboxylic acids is 1. The Morgan fingerprint density at radius 3 is 3.10 bits per heavy atom. The third-order valence-electron chi connectivity index (χ3n) is 3.85. The predicted molar refractivity (Wildman–Crippen MR) is 81.4 cm³/mol. The normalized spacial score (nSPS) is 18.7. The van der Waals surface area contributed by atoms with Crippen LogP contribution in [0.2, 0.25) is 0 Å². The number of aromatic nitrogens is 2. The number of ether oxygens (including phenoxy) is 1. The van der Waals surface area contributed by atoms with Gasteiger partial charge >= 0.3 is 0 Å². The molecule has 0 radical (unpaired) electrons. The van der Waals surface area contributed by atoms with Gasteiger partial charge in [-0.15, -0.1) is 0 Å². The van der Waals surface area contributed by atoms with Gasteiger partial charge in [0.25, 0.3) is 5.91 Å². The summed E-state index contributed by atoms with van der Waals surface area (Å²) in [5, 5.41) is 7.84. The SMILES string of the molecule is CCOCCN(CC)C(=O)c1ccn(C2CCCNC2)n1. The Balaban J connectivity index is 1.96. The van der Waals surface area contributed by atoms with Crippen LogP contribution in [0.1, 0.15) is 43.2 Å². The van der Waals surface area contributed by atoms with E-state index in [4.69, 9.17) is 4.74 Å². The molecule has 0 aliphatic carbocycles. The maximum atomic E-state index is 12.4. The smallest absolute Gasteiger partial charge is 0.274 e. The molecular weight excluding hydrogens is 268 g/mol. The minimum atomic E-state index is -0.0141. The first kappa shape index (κ1) is 16.0. The van der Waals surface area contributed by atoms with E-state index in [0.717, 1.165) is 25.9 Å². The highest BCUT2D eigenvalue weighted by molar-refractivity contribution is 5.92. The number of hydrogen-bond acceptors (Lipinski definition) is 4. The van der Waals surface area contributed by atoms with Crippen molar-refractivity contribution in [2.24, 2.45) is 0 Å². The molecule has 1 aromatic rings. The van der Waals surface area contributed by atoms with E-state index in [0.29, 0.717) is 38.0 Å². The quantitative estimate of drug-likeness (QED) is 0.770. The first-order chi connectivity index (χ1) is 10.3. The molecule has 21 heavy (non-hydrogen) atoms. The van der Waals surface area contributed by atoms with Crippen LogP contribution >= 0.6 is 0 Å². The second kappa shape index (κ2) is 8.14. The van der Waals surface area contributed by atoms with Gasteiger partial charge in [-0.05, 0) is 39.3 Å². The number of nitrogens with one attached hydrogen (secondary N) is 1. The van der Waals surface area contributed by atoms with Gasteiger partial charge in [-0.1, -0.05) is 0 Å². The average Bonchev–Trinajstić information content (AvgIpc) is 3.02. The van der Waals surface area contributed by atoms with E-state index in [1.165, 1.54) is 0 Å². The minimum absolute atomic E-state index is 0.0141. The van der Waals surface area contributed by atoms with Crippen LogP contribution < -0.4 is 5.32 Å². The molecule has 1 unspecified atom stereocenters. The zero-order valence-corrected chi connectivity index (χ0v) is 13.0. The lowest BCUT2D eigenvalue weighted by atomic mass is 10.1. The lowest BCUT2D eigenvalue weighted by Crippen LogP contribution is -2.35. The fourth-order valence-electron chi connectivity index (χ4n) is 2.60. The number of amides is 1. The van der Waals surface area contributed by atoms with Gasteiger partial charge < -0.3 is 15.0 Å². The van der Waals surface area contributed by atoms with E-state index in [-0.39, 0.29) is 5.91 Å². The van der Waals surface area contributed by atoms with Crippen molar-refractivity contribution in [3.63, 3.8) is 0 Å². The van der Waals surface area contributed by atoms with Gasteiger partial charge in [0.1, 0.15) is 5.69 Å². The van der Waals surface area contributed by atoms with Crippen molar-refractivity contribution in [2.75, 3.05) is 39.4 Å². The summed E-state index contributed by atoms with van der Waals surface area (Å²) in [6, 6.07) is 2.18. The number of carbonyl (C=O) groups is 1. The minimum Gasteiger partial charge on any atom is -0.380 e. The number of nitrogens with zero attached hydrogens (tertiary/aromatic N) is 3. The topological polar surface area (TPSA) is 59.4 Å². The van der Waals surface area contributed by atoms with Crippen LogP contribution in [-0.4, -0.2) is 60.0 Å². The van der Waals surface area contributed by atoms with Crippen molar-refractivity contribution < 1.29 is 9.53 Å². The summed E-state index contributed by atoms with van der Waals surface area (Å²) in [5.41, 5.74) is 0.527. The van der Waals surface area contributed by atoms with Gasteiger partial charge in [0.05, 0.1) is 12.6 Å². The monoisotopic (exact) mass is 294 g/mol. The van der Waals surface area contributed by atoms with Gasteiger partial charge in [0, 0.05) is 32.4 Å². The highest BCUT2D eigenvalue weighted by Gasteiger charge is 2.20. The highest BCUT2D eigenvalue weighted by Crippen LogP contribution is 2.16. The molecule has 1 saturated heterocycles. The molecule has 0 aromatic carbocycles. The largest absolute Gasteiger partial charge is 0.380 e. The summed E-state index contributed by atoms with van der Waals surface area (Å²) in [6.45, 7) is 8.47. The van der Waals surface area contributed by atoms with Crippen LogP contribution in [0, 0.1) is 0 Å². The summed E-state index contributed by atoms with van der Waals surface area (Å²) in [4.78, 5) is 14.2. The van der Waals surface area contributed by atoms with Crippen molar-refractivity contribution >= 4 is 5.91 Å². The number of hydrogen-bond donors (Lipinski definition) is 1. The molecule has 1 aromatic heterocycles. The zero-order valence-electron chi connectivity index (χ0n) is 13.0. The Labute approximate surface area is 126 Å². The van der Waals surface area contributed by atoms with Crippen LogP contribution in [0.3, 0.4) is 0 Å². The molecule has 0 saturated carbocycles. The maximum Gasteiger partial charge on any atom is 0.274 e. The molecule has 1 aliphatic rings. The van der Waals surface area contributed by atoms with Crippen LogP contribution in [0.15, 0.2) is 12.3 Å². The Hall–Kier alpha value is -1.40. The lowest BCUT2D eigenvalue weighted by Gasteiger charge is -2.23. The Kier molecular flexibility index (Phi) is 6.20. The van der Waals surface area contributed by atoms with Crippen molar-refractivity contribution in [1.29, 1.82) is 0 Å². The molecular formula is C15H26N4O2. The fourth-order valence-corrected chi connectivity index (χ4v) is 2.60. The first-order valence-corrected chi connectivity index (χ1v) is 7.89. The van der Waals surface area contributed by atoms with Crippen molar-refractivity contribution in [3.05, 3.63) is 18.0 Å². The maximum absolute atomic E-state index is 12.4. The van der Waals surface area contributed by atoms with Gasteiger partial charge in [-0.25, -0.2) is 0 Å². The van der Waals surface area contributed by atoms with Crippen molar-refractivity contribution in [3.8, 4) is 0 Å². The third kappa shape index (κ3) is 4.28. The third-order valence-corrected chi connectivity index (χ3v) is 3.85. The van der Waals surface area contributed by atoms with Crippen molar-refractivity contribution in [1.82, 2.24) is 20.0 Å². The predicted octanol–water partition coefficient (Wildman–Crippen LogP) is 1.31. The van der Waals surface area contributed by atoms with Crippen LogP contribution in [0.5, 0.6) is 0 Å². The summed E-state index contributed by atoms with van der Waals surface area (Å²) in [5.74, 6) is -0.0141. The van der Waals surface area contributed by atoms with Gasteiger partial charge in [0.2, 0.25) is 0 Å². The lowest BCUT2D eigenvalue weighted by molar-refractivity contribution is 0.0662. The molecule has 6 heteroatoms. The van der Waals surface area contributed by atoms with Crippen LogP contribution in [0.4, 0.5) is 0 Å².